The smallest absolute Gasteiger partial charge is 0.277 e. The van der Waals surface area contributed by atoms with Crippen LogP contribution in [0, 0.1) is 17.8 Å². The first-order valence-electron chi connectivity index (χ1n) is 11.6. The van der Waals surface area contributed by atoms with Crippen molar-refractivity contribution in [2.45, 2.75) is 49.2 Å². The molecule has 3 aromatic rings. The zero-order chi connectivity index (χ0) is 21.5. The largest absolute Gasteiger partial charge is 0.411 e. The second kappa shape index (κ2) is 8.07. The fourth-order valence-electron chi connectivity index (χ4n) is 6.66. The number of aromatic nitrogens is 2. The lowest BCUT2D eigenvalue weighted by atomic mass is 9.48. The molecule has 0 spiro atoms. The zero-order valence-electron chi connectivity index (χ0n) is 18.0. The molecule has 4 aliphatic carbocycles. The van der Waals surface area contributed by atoms with Crippen molar-refractivity contribution >= 4 is 23.4 Å². The minimum Gasteiger partial charge on any atom is -0.411 e. The highest BCUT2D eigenvalue weighted by Gasteiger charge is 2.51. The average molecular weight is 446 g/mol. The van der Waals surface area contributed by atoms with Gasteiger partial charge in [-0.25, -0.2) is 0 Å². The highest BCUT2D eigenvalue weighted by atomic mass is 32.2. The maximum atomic E-state index is 12.4. The van der Waals surface area contributed by atoms with E-state index in [0.717, 1.165) is 29.0 Å². The van der Waals surface area contributed by atoms with E-state index < -0.39 is 0 Å². The standard InChI is InChI=1S/C26H27N3O2S/c30-23(16-32-25-29-28-24(31-25)20-4-2-1-3-5-20)27-22-8-6-21(7-9-22)26-13-17-10-18(14-26)12-19(11-17)15-26/h1-9,17-19H,10-16H2,(H,27,30). The number of anilines is 1. The fraction of sp³-hybridized carbons (Fsp3) is 0.423. The monoisotopic (exact) mass is 445 g/mol. The first kappa shape index (κ1) is 20.0. The van der Waals surface area contributed by atoms with Gasteiger partial charge in [-0.2, -0.15) is 0 Å². The summed E-state index contributed by atoms with van der Waals surface area (Å²) in [6.45, 7) is 0. The molecule has 4 saturated carbocycles. The normalized spacial score (nSPS) is 28.1. The number of nitrogens with one attached hydrogen (secondary N) is 1. The van der Waals surface area contributed by atoms with Crippen LogP contribution >= 0.6 is 11.8 Å². The first-order chi connectivity index (χ1) is 15.6. The zero-order valence-corrected chi connectivity index (χ0v) is 18.8. The van der Waals surface area contributed by atoms with E-state index in [0.29, 0.717) is 16.5 Å². The first-order valence-corrected chi connectivity index (χ1v) is 12.6. The highest BCUT2D eigenvalue weighted by Crippen LogP contribution is 2.60. The van der Waals surface area contributed by atoms with Crippen LogP contribution in [0.2, 0.25) is 0 Å². The minimum atomic E-state index is -0.0722. The van der Waals surface area contributed by atoms with Crippen molar-refractivity contribution in [3.05, 3.63) is 60.2 Å². The molecule has 1 amide bonds. The Bertz CT molecular complexity index is 1070. The SMILES string of the molecule is O=C(CSc1nnc(-c2ccccc2)o1)Nc1ccc(C23CC4CC(CC(C4)C2)C3)cc1. The molecular weight excluding hydrogens is 418 g/mol. The fourth-order valence-corrected chi connectivity index (χ4v) is 7.22. The van der Waals surface area contributed by atoms with E-state index >= 15 is 0 Å². The summed E-state index contributed by atoms with van der Waals surface area (Å²) in [6.07, 6.45) is 8.44. The minimum absolute atomic E-state index is 0.0722. The number of carbonyl (C=O) groups is 1. The molecule has 6 heteroatoms. The quantitative estimate of drug-likeness (QED) is 0.476. The molecule has 1 heterocycles. The van der Waals surface area contributed by atoms with Gasteiger partial charge >= 0.3 is 0 Å². The number of rotatable bonds is 6. The van der Waals surface area contributed by atoms with Gasteiger partial charge in [-0.15, -0.1) is 10.2 Å². The maximum Gasteiger partial charge on any atom is 0.277 e. The third kappa shape index (κ3) is 3.85. The second-order valence-electron chi connectivity index (χ2n) is 9.85. The highest BCUT2D eigenvalue weighted by molar-refractivity contribution is 7.99. The van der Waals surface area contributed by atoms with Crippen LogP contribution in [-0.4, -0.2) is 21.9 Å². The molecular formula is C26H27N3O2S. The molecule has 4 bridgehead atoms. The van der Waals surface area contributed by atoms with Gasteiger partial charge in [-0.1, -0.05) is 42.1 Å². The summed E-state index contributed by atoms with van der Waals surface area (Å²) in [5, 5.41) is 11.5. The van der Waals surface area contributed by atoms with Crippen LogP contribution in [0.5, 0.6) is 0 Å². The van der Waals surface area contributed by atoms with E-state index in [1.54, 1.807) is 0 Å². The Morgan fingerprint density at radius 3 is 2.25 bits per heavy atom. The Morgan fingerprint density at radius 2 is 1.59 bits per heavy atom. The van der Waals surface area contributed by atoms with Gasteiger partial charge in [0.1, 0.15) is 0 Å². The third-order valence-electron chi connectivity index (χ3n) is 7.57. The van der Waals surface area contributed by atoms with Crippen molar-refractivity contribution in [3.63, 3.8) is 0 Å². The van der Waals surface area contributed by atoms with E-state index in [4.69, 9.17) is 4.42 Å². The molecule has 4 aliphatic rings. The van der Waals surface area contributed by atoms with E-state index in [9.17, 15) is 4.79 Å². The Morgan fingerprint density at radius 1 is 0.938 bits per heavy atom. The lowest BCUT2D eigenvalue weighted by molar-refractivity contribution is -0.113. The van der Waals surface area contributed by atoms with Crippen molar-refractivity contribution in [1.29, 1.82) is 0 Å². The van der Waals surface area contributed by atoms with Gasteiger partial charge in [0.05, 0.1) is 5.75 Å². The summed E-state index contributed by atoms with van der Waals surface area (Å²) in [4.78, 5) is 12.4. The molecule has 0 aliphatic heterocycles. The van der Waals surface area contributed by atoms with Gasteiger partial charge in [0.25, 0.3) is 5.22 Å². The summed E-state index contributed by atoms with van der Waals surface area (Å²) in [5.41, 5.74) is 3.58. The summed E-state index contributed by atoms with van der Waals surface area (Å²) in [6, 6.07) is 18.3. The van der Waals surface area contributed by atoms with Crippen LogP contribution in [0.15, 0.2) is 64.2 Å². The molecule has 32 heavy (non-hydrogen) atoms. The Balaban J connectivity index is 1.06. The van der Waals surface area contributed by atoms with Gasteiger partial charge in [0.15, 0.2) is 0 Å². The van der Waals surface area contributed by atoms with Gasteiger partial charge in [0, 0.05) is 11.3 Å². The Kier molecular flexibility index (Phi) is 5.05. The number of benzene rings is 2. The molecule has 7 rings (SSSR count). The van der Waals surface area contributed by atoms with E-state index in [1.165, 1.54) is 55.9 Å². The molecule has 5 nitrogen and oxygen atoms in total. The molecule has 0 saturated heterocycles. The van der Waals surface area contributed by atoms with Crippen LogP contribution in [0.1, 0.15) is 44.1 Å². The number of hydrogen-bond acceptors (Lipinski definition) is 5. The van der Waals surface area contributed by atoms with E-state index in [2.05, 4.69) is 39.8 Å². The summed E-state index contributed by atoms with van der Waals surface area (Å²) < 4.78 is 5.66. The molecule has 4 fully saturated rings. The molecule has 1 aromatic heterocycles. The average Bonchev–Trinajstić information content (AvgIpc) is 3.27. The number of nitrogens with zero attached hydrogens (tertiary/aromatic N) is 2. The molecule has 164 valence electrons. The topological polar surface area (TPSA) is 68.0 Å². The van der Waals surface area contributed by atoms with Crippen LogP contribution in [-0.2, 0) is 10.2 Å². The number of hydrogen-bond donors (Lipinski definition) is 1. The van der Waals surface area contributed by atoms with Crippen molar-refractivity contribution < 1.29 is 9.21 Å². The van der Waals surface area contributed by atoms with Crippen molar-refractivity contribution in [2.75, 3.05) is 11.1 Å². The van der Waals surface area contributed by atoms with Crippen LogP contribution in [0.3, 0.4) is 0 Å². The lowest BCUT2D eigenvalue weighted by Crippen LogP contribution is -2.48. The van der Waals surface area contributed by atoms with Gasteiger partial charge < -0.3 is 9.73 Å². The van der Waals surface area contributed by atoms with E-state index in [-0.39, 0.29) is 11.7 Å². The van der Waals surface area contributed by atoms with Crippen LogP contribution < -0.4 is 5.32 Å². The summed E-state index contributed by atoms with van der Waals surface area (Å²) in [7, 11) is 0. The van der Waals surface area contributed by atoms with Crippen molar-refractivity contribution in [3.8, 4) is 11.5 Å². The van der Waals surface area contributed by atoms with Crippen LogP contribution in [0.25, 0.3) is 11.5 Å². The third-order valence-corrected chi connectivity index (χ3v) is 8.39. The molecule has 0 unspecified atom stereocenters. The summed E-state index contributed by atoms with van der Waals surface area (Å²) in [5.74, 6) is 3.43. The second-order valence-corrected chi connectivity index (χ2v) is 10.8. The van der Waals surface area contributed by atoms with Crippen molar-refractivity contribution in [2.24, 2.45) is 17.8 Å². The lowest BCUT2D eigenvalue weighted by Gasteiger charge is -2.57. The predicted molar refractivity (Wildman–Crippen MR) is 125 cm³/mol. The molecule has 0 radical (unpaired) electrons. The van der Waals surface area contributed by atoms with E-state index in [1.807, 2.05) is 30.3 Å². The Labute approximate surface area is 192 Å². The van der Waals surface area contributed by atoms with Crippen molar-refractivity contribution in [1.82, 2.24) is 10.2 Å². The molecule has 2 aromatic carbocycles. The predicted octanol–water partition coefficient (Wildman–Crippen LogP) is 5.94. The molecule has 0 atom stereocenters. The number of thioether (sulfide) groups is 1. The van der Waals surface area contributed by atoms with Crippen LogP contribution in [0.4, 0.5) is 5.69 Å². The Hall–Kier alpha value is -2.60. The molecule has 1 N–H and O–H groups in total. The summed E-state index contributed by atoms with van der Waals surface area (Å²) >= 11 is 1.25. The number of carbonyl (C=O) groups excluding carboxylic acids is 1. The van der Waals surface area contributed by atoms with Gasteiger partial charge in [0.2, 0.25) is 11.8 Å². The van der Waals surface area contributed by atoms with Gasteiger partial charge in [-0.3, -0.25) is 4.79 Å². The number of amides is 1. The maximum absolute atomic E-state index is 12.4. The van der Waals surface area contributed by atoms with Gasteiger partial charge in [-0.05, 0) is 91.5 Å².